The number of fused-ring (bicyclic) bond motifs is 6. The Hall–Kier alpha value is -6.42. The molecule has 1 saturated heterocycles. The number of nitrogens with zero attached hydrogens (tertiary/aromatic N) is 4. The van der Waals surface area contributed by atoms with Crippen LogP contribution in [0.4, 0.5) is 0 Å². The molecule has 1 fully saturated rings. The number of carbonyl (C=O) groups is 7. The highest BCUT2D eigenvalue weighted by Crippen LogP contribution is 2.43. The maximum atomic E-state index is 14.4. The van der Waals surface area contributed by atoms with Crippen LogP contribution in [0.1, 0.15) is 88.8 Å². The van der Waals surface area contributed by atoms with Crippen LogP contribution in [0.5, 0.6) is 11.5 Å². The highest BCUT2D eigenvalue weighted by Gasteiger charge is 2.52. The molecule has 0 spiro atoms. The van der Waals surface area contributed by atoms with Crippen LogP contribution >= 0.6 is 12.2 Å². The summed E-state index contributed by atoms with van der Waals surface area (Å²) in [7, 11) is 0. The number of aliphatic carboxylic acids is 1. The number of esters is 2. The Morgan fingerprint density at radius 3 is 2.36 bits per heavy atom. The van der Waals surface area contributed by atoms with Crippen LogP contribution in [0.2, 0.25) is 0 Å². The Labute approximate surface area is 453 Å². The number of benzene rings is 1. The maximum absolute atomic E-state index is 14.4. The molecule has 0 saturated carbocycles. The van der Waals surface area contributed by atoms with E-state index in [0.717, 1.165) is 28.7 Å². The van der Waals surface area contributed by atoms with Gasteiger partial charge in [-0.25, -0.2) is 19.4 Å². The number of amides is 4. The van der Waals surface area contributed by atoms with E-state index in [-0.39, 0.29) is 108 Å². The monoisotopic (exact) mass is 1110 g/mol. The SMILES string of the molecule is CC[C@@]1(OC(=O)[C@@H](NC(=O)[C@@H]2CCCN2C(=O)[C@H](CC(=O)O)[N+](=S)C(=O)CCOCCOCCOCCNC(=O)C(=S)[C@@H](N)CCCCN)C(C)C)C(=O)OCc2c1cc1n(c2=O)Cc2cc3cc4c(cc3nc2-1)OCO4. The highest BCUT2D eigenvalue weighted by atomic mass is 32.1. The van der Waals surface area contributed by atoms with Gasteiger partial charge in [0.25, 0.3) is 35.8 Å². The zero-order chi connectivity index (χ0) is 55.6. The molecule has 6 heterocycles. The van der Waals surface area contributed by atoms with Crippen molar-refractivity contribution in [1.82, 2.24) is 25.1 Å². The van der Waals surface area contributed by atoms with Gasteiger partial charge in [-0.3, -0.25) is 24.0 Å². The second-order valence-corrected chi connectivity index (χ2v) is 20.1. The normalized spacial score (nSPS) is 18.2. The topological polar surface area (TPSA) is 322 Å². The summed E-state index contributed by atoms with van der Waals surface area (Å²) in [6.45, 7) is 6.34. The Morgan fingerprint density at radius 2 is 1.68 bits per heavy atom. The van der Waals surface area contributed by atoms with E-state index in [1.807, 2.05) is 12.1 Å². The minimum Gasteiger partial charge on any atom is -0.481 e. The molecule has 3 aromatic rings. The number of pyridine rings is 2. The highest BCUT2D eigenvalue weighted by molar-refractivity contribution is 7.82. The zero-order valence-electron chi connectivity index (χ0n) is 43.2. The van der Waals surface area contributed by atoms with Gasteiger partial charge in [-0.05, 0) is 62.8 Å². The summed E-state index contributed by atoms with van der Waals surface area (Å²) in [5.41, 5.74) is 11.4. The summed E-state index contributed by atoms with van der Waals surface area (Å²) in [5.74, 6) is -5.70. The molecule has 4 aliphatic rings. The lowest BCUT2D eigenvalue weighted by molar-refractivity contribution is -0.450. The smallest absolute Gasteiger partial charge is 0.403 e. The van der Waals surface area contributed by atoms with Gasteiger partial charge in [-0.1, -0.05) is 43.4 Å². The molecule has 0 radical (unpaired) electrons. The Kier molecular flexibility index (Phi) is 19.9. The molecule has 7 rings (SSSR count). The Balaban J connectivity index is 0.913. The van der Waals surface area contributed by atoms with Gasteiger partial charge in [-0.15, -0.1) is 0 Å². The summed E-state index contributed by atoms with van der Waals surface area (Å²) in [5, 5.41) is 15.9. The van der Waals surface area contributed by atoms with E-state index in [2.05, 4.69) is 10.6 Å². The van der Waals surface area contributed by atoms with Crippen molar-refractivity contribution in [2.24, 2.45) is 17.4 Å². The number of thiocarbonyl (C=S) groups is 1. The number of unbranched alkanes of at least 4 members (excludes halogenated alkanes) is 1. The van der Waals surface area contributed by atoms with Gasteiger partial charge in [0.05, 0.1) is 79.9 Å². The number of rotatable bonds is 28. The number of nitrogens with one attached hydrogen (secondary N) is 2. The van der Waals surface area contributed by atoms with E-state index in [9.17, 15) is 43.5 Å². The van der Waals surface area contributed by atoms with Crippen molar-refractivity contribution in [2.75, 3.05) is 66.1 Å². The maximum Gasteiger partial charge on any atom is 0.403 e. The van der Waals surface area contributed by atoms with E-state index in [0.29, 0.717) is 51.7 Å². The predicted molar refractivity (Wildman–Crippen MR) is 278 cm³/mol. The molecule has 4 amide bonds. The number of nitrogens with two attached hydrogens (primary N) is 2. The number of hydrogen-bond acceptors (Lipinski definition) is 20. The molecule has 26 heteroatoms. The first-order chi connectivity index (χ1) is 36.9. The predicted octanol–water partition coefficient (Wildman–Crippen LogP) is 0.986. The van der Waals surface area contributed by atoms with Crippen molar-refractivity contribution in [3.05, 3.63) is 51.3 Å². The molecular formula is C51H65N8O16S2+. The summed E-state index contributed by atoms with van der Waals surface area (Å²) >= 11 is 10.5. The van der Waals surface area contributed by atoms with Gasteiger partial charge in [0.15, 0.2) is 11.5 Å². The van der Waals surface area contributed by atoms with Crippen molar-refractivity contribution in [3.63, 3.8) is 0 Å². The fourth-order valence-electron chi connectivity index (χ4n) is 9.56. The molecule has 0 bridgehead atoms. The third kappa shape index (κ3) is 13.3. The third-order valence-electron chi connectivity index (χ3n) is 13.7. The molecule has 416 valence electrons. The average molecular weight is 1110 g/mol. The standard InChI is InChI=1S/C51H64N8O16S2/c1-4-51(32-22-36-43-30(25-58(36)47(65)31(32)26-72-50(51)68)20-29-21-38-39(74-27-73-38)23-34(29)55-43)75-49(67)42(28(2)3)56-45(63)35-9-7-13-57(35)48(66)37(24-41(61)62)59(77)40(60)10-14-69-16-18-71-19-17-70-15-12-54-46(64)44(76)33(53)8-5-6-11-52/h20-23,28,33,35,37,42H,4-19,24-27,52-53H2,1-3H3,(H2-,54,56,61,62,63,64)/p+1/t33-,35-,37-,42-,51-/m0/s1. The Morgan fingerprint density at radius 1 is 0.974 bits per heavy atom. The van der Waals surface area contributed by atoms with Crippen molar-refractivity contribution in [1.29, 1.82) is 0 Å². The van der Waals surface area contributed by atoms with Crippen LogP contribution in [0.15, 0.2) is 29.1 Å². The van der Waals surface area contributed by atoms with Gasteiger partial charge < -0.3 is 69.8 Å². The molecule has 0 unspecified atom stereocenters. The van der Waals surface area contributed by atoms with Crippen molar-refractivity contribution < 1.29 is 75.8 Å². The molecule has 2 aromatic heterocycles. The first-order valence-corrected chi connectivity index (χ1v) is 26.4. The number of carboxylic acid groups (broad SMARTS) is 1. The summed E-state index contributed by atoms with van der Waals surface area (Å²) < 4.78 is 41.3. The molecule has 4 aliphatic heterocycles. The van der Waals surface area contributed by atoms with Crippen LogP contribution in [0.25, 0.3) is 22.3 Å². The minimum absolute atomic E-state index is 0.0194. The number of hydrogen-bond donors (Lipinski definition) is 5. The first-order valence-electron chi connectivity index (χ1n) is 25.6. The van der Waals surface area contributed by atoms with Gasteiger partial charge in [-0.2, -0.15) is 0 Å². The number of carboxylic acids is 1. The molecule has 7 N–H and O–H groups in total. The number of ether oxygens (including phenoxy) is 7. The second-order valence-electron chi connectivity index (χ2n) is 19.2. The fourth-order valence-corrected chi connectivity index (χ4v) is 10.0. The van der Waals surface area contributed by atoms with Crippen molar-refractivity contribution in [3.8, 4) is 22.9 Å². The number of aromatic nitrogens is 2. The van der Waals surface area contributed by atoms with Crippen molar-refractivity contribution in [2.45, 2.75) is 115 Å². The van der Waals surface area contributed by atoms with E-state index in [1.165, 1.54) is 4.57 Å². The number of carbonyl (C=O) groups excluding carboxylic acids is 6. The van der Waals surface area contributed by atoms with Gasteiger partial charge in [0, 0.05) is 41.7 Å². The van der Waals surface area contributed by atoms with Crippen molar-refractivity contribution >= 4 is 81.9 Å². The van der Waals surface area contributed by atoms with E-state index in [1.54, 1.807) is 32.9 Å². The van der Waals surface area contributed by atoms with E-state index >= 15 is 0 Å². The quantitative estimate of drug-likeness (QED) is 0.0229. The minimum atomic E-state index is -2.10. The van der Waals surface area contributed by atoms with E-state index < -0.39 is 89.2 Å². The lowest BCUT2D eigenvalue weighted by Crippen LogP contribution is -2.57. The molecule has 5 atom stereocenters. The number of likely N-dealkylation sites (tertiary alicyclic amines) is 1. The van der Waals surface area contributed by atoms with Crippen LogP contribution < -0.4 is 37.1 Å². The summed E-state index contributed by atoms with van der Waals surface area (Å²) in [6, 6.07) is 2.32. The van der Waals surface area contributed by atoms with Crippen LogP contribution in [-0.2, 0) is 88.4 Å². The molecular weight excluding hydrogens is 1040 g/mol. The average Bonchev–Trinajstić information content (AvgIpc) is 4.18. The lowest BCUT2D eigenvalue weighted by Gasteiger charge is -2.37. The number of cyclic esters (lactones) is 1. The first kappa shape index (κ1) is 58.3. The van der Waals surface area contributed by atoms with Gasteiger partial charge in [0.1, 0.15) is 25.1 Å². The summed E-state index contributed by atoms with van der Waals surface area (Å²) in [6.07, 6.45) is 1.32. The molecule has 24 nitrogen and oxygen atoms in total. The Bertz CT molecular complexity index is 2860. The van der Waals surface area contributed by atoms with Crippen LogP contribution in [-0.4, -0.2) is 160 Å². The largest absolute Gasteiger partial charge is 0.481 e. The summed E-state index contributed by atoms with van der Waals surface area (Å²) in [4.78, 5) is 114. The van der Waals surface area contributed by atoms with Crippen LogP contribution in [0, 0.1) is 5.92 Å². The van der Waals surface area contributed by atoms with Gasteiger partial charge in [0.2, 0.25) is 18.3 Å². The molecule has 77 heavy (non-hydrogen) atoms. The fraction of sp³-hybridized carbons (Fsp3) is 0.569. The van der Waals surface area contributed by atoms with E-state index in [4.69, 9.17) is 74.3 Å². The molecule has 0 aliphatic carbocycles. The molecule has 1 aromatic carbocycles. The second kappa shape index (κ2) is 26.3. The lowest BCUT2D eigenvalue weighted by atomic mass is 9.85. The zero-order valence-corrected chi connectivity index (χ0v) is 44.8. The third-order valence-corrected chi connectivity index (χ3v) is 14.7. The van der Waals surface area contributed by atoms with Crippen LogP contribution in [0.3, 0.4) is 0 Å². The van der Waals surface area contributed by atoms with Gasteiger partial charge >= 0.3 is 23.8 Å².